The Morgan fingerprint density at radius 3 is 1.47 bits per heavy atom. The van der Waals surface area contributed by atoms with Crippen molar-refractivity contribution in [1.82, 2.24) is 35.7 Å². The molecule has 8 rings (SSSR count). The van der Waals surface area contributed by atoms with E-state index in [4.69, 9.17) is 9.47 Å². The van der Waals surface area contributed by atoms with Gasteiger partial charge >= 0.3 is 0 Å². The van der Waals surface area contributed by atoms with Crippen LogP contribution in [0.2, 0.25) is 0 Å². The first kappa shape index (κ1) is 48.3. The molecule has 2 aliphatic heterocycles. The molecule has 0 bridgehead atoms. The van der Waals surface area contributed by atoms with Gasteiger partial charge in [0.05, 0.1) is 67.1 Å². The van der Waals surface area contributed by atoms with E-state index >= 15 is 0 Å². The Morgan fingerprint density at radius 2 is 1.03 bits per heavy atom. The number of nitrogens with zero attached hydrogens (tertiary/aromatic N) is 6. The Balaban J connectivity index is 0.756. The number of ether oxygens (including phenoxy) is 2. The van der Waals surface area contributed by atoms with E-state index in [-0.39, 0.29) is 11.1 Å². The maximum absolute atomic E-state index is 13.8. The van der Waals surface area contributed by atoms with E-state index in [9.17, 15) is 47.3 Å². The molecule has 0 saturated carbocycles. The van der Waals surface area contributed by atoms with Gasteiger partial charge in [-0.05, 0) is 95.9 Å². The fraction of sp³-hybridized carbons (Fsp3) is 0.294. The van der Waals surface area contributed by atoms with Crippen LogP contribution in [0.5, 0.6) is 11.5 Å². The molecule has 0 spiro atoms. The van der Waals surface area contributed by atoms with Crippen molar-refractivity contribution in [2.45, 2.75) is 43.2 Å². The van der Waals surface area contributed by atoms with Gasteiger partial charge in [-0.1, -0.05) is 36.4 Å². The van der Waals surface area contributed by atoms with Gasteiger partial charge in [0.1, 0.15) is 30.2 Å². The first-order valence-corrected chi connectivity index (χ1v) is 22.4. The smallest absolute Gasteiger partial charge is 0.268 e. The Labute approximate surface area is 399 Å². The van der Waals surface area contributed by atoms with Crippen molar-refractivity contribution in [3.8, 4) is 45.9 Å². The van der Waals surface area contributed by atoms with Gasteiger partial charge in [-0.15, -0.1) is 0 Å². The predicted octanol–water partition coefficient (Wildman–Crippen LogP) is 6.53. The van der Waals surface area contributed by atoms with Crippen molar-refractivity contribution in [3.63, 3.8) is 0 Å². The van der Waals surface area contributed by atoms with Crippen LogP contribution >= 0.6 is 0 Å². The molecule has 4 amide bonds. The van der Waals surface area contributed by atoms with Crippen LogP contribution in [0.25, 0.3) is 44.1 Å². The summed E-state index contributed by atoms with van der Waals surface area (Å²) in [4.78, 5) is 62.0. The van der Waals surface area contributed by atoms with Crippen LogP contribution in [0.4, 0.5) is 17.6 Å². The van der Waals surface area contributed by atoms with Gasteiger partial charge in [0.15, 0.2) is 0 Å². The zero-order valence-corrected chi connectivity index (χ0v) is 37.5. The van der Waals surface area contributed by atoms with E-state index in [1.165, 1.54) is 24.5 Å². The maximum atomic E-state index is 13.8. The third-order valence-electron chi connectivity index (χ3n) is 11.9. The fourth-order valence-electron chi connectivity index (χ4n) is 8.38. The molecule has 6 aromatic rings. The minimum atomic E-state index is -3.16. The lowest BCUT2D eigenvalue weighted by atomic mass is 10.0. The van der Waals surface area contributed by atoms with Gasteiger partial charge in [-0.2, -0.15) is 10.5 Å². The molecule has 2 aliphatic rings. The molecule has 358 valence electrons. The number of carbonyl (C=O) groups is 4. The number of fused-ring (bicyclic) bond motifs is 2. The Hall–Kier alpha value is -8.16. The highest BCUT2D eigenvalue weighted by atomic mass is 19.3. The van der Waals surface area contributed by atoms with E-state index in [1.807, 2.05) is 72.8 Å². The molecule has 0 radical (unpaired) electrons. The number of nitrogens with one attached hydrogen (secondary N) is 3. The molecule has 3 N–H and O–H groups in total. The van der Waals surface area contributed by atoms with E-state index in [0.29, 0.717) is 59.6 Å². The van der Waals surface area contributed by atoms with Crippen LogP contribution in [0, 0.1) is 22.7 Å². The first-order chi connectivity index (χ1) is 33.7. The Bertz CT molecular complexity index is 2810. The van der Waals surface area contributed by atoms with Crippen LogP contribution in [-0.4, -0.2) is 120 Å². The molecular weight excluding hydrogens is 911 g/mol. The van der Waals surface area contributed by atoms with Crippen molar-refractivity contribution in [2.75, 3.05) is 52.5 Å². The zero-order valence-electron chi connectivity index (χ0n) is 37.5. The molecule has 0 unspecified atom stereocenters. The summed E-state index contributed by atoms with van der Waals surface area (Å²) in [5.74, 6) is -7.67. The average Bonchev–Trinajstić information content (AvgIpc) is 3.88. The lowest BCUT2D eigenvalue weighted by Gasteiger charge is -2.19. The molecule has 2 atom stereocenters. The summed E-state index contributed by atoms with van der Waals surface area (Å²) in [6.45, 7) is -0.634. The van der Waals surface area contributed by atoms with E-state index < -0.39 is 86.6 Å². The van der Waals surface area contributed by atoms with Gasteiger partial charge in [-0.25, -0.2) is 17.6 Å². The van der Waals surface area contributed by atoms with Gasteiger partial charge in [0.2, 0.25) is 11.8 Å². The summed E-state index contributed by atoms with van der Waals surface area (Å²) in [7, 11) is 0. The first-order valence-electron chi connectivity index (χ1n) is 22.4. The summed E-state index contributed by atoms with van der Waals surface area (Å²) in [6, 6.07) is 29.9. The van der Waals surface area contributed by atoms with Crippen LogP contribution in [0.15, 0.2) is 109 Å². The second-order valence-electron chi connectivity index (χ2n) is 16.8. The summed E-state index contributed by atoms with van der Waals surface area (Å²) in [5.41, 5.74) is 4.93. The molecule has 4 aromatic carbocycles. The highest BCUT2D eigenvalue weighted by Gasteiger charge is 2.48. The van der Waals surface area contributed by atoms with Crippen molar-refractivity contribution < 1.29 is 46.2 Å². The fourth-order valence-corrected chi connectivity index (χ4v) is 8.38. The number of hydrogen-bond donors (Lipinski definition) is 3. The molecule has 19 heteroatoms. The maximum Gasteiger partial charge on any atom is 0.268 e. The van der Waals surface area contributed by atoms with Crippen LogP contribution in [0.3, 0.4) is 0 Å². The average molecular weight is 956 g/mol. The number of rotatable bonds is 17. The van der Waals surface area contributed by atoms with Crippen LogP contribution in [-0.2, 0) is 9.59 Å². The molecule has 2 fully saturated rings. The molecule has 2 aromatic heterocycles. The Morgan fingerprint density at radius 1 is 0.600 bits per heavy atom. The summed E-state index contributed by atoms with van der Waals surface area (Å²) < 4.78 is 67.3. The van der Waals surface area contributed by atoms with Gasteiger partial charge in [0, 0.05) is 42.6 Å². The Kier molecular flexibility index (Phi) is 14.5. The van der Waals surface area contributed by atoms with Gasteiger partial charge in [0.25, 0.3) is 23.7 Å². The summed E-state index contributed by atoms with van der Waals surface area (Å²) >= 11 is 0. The van der Waals surface area contributed by atoms with Crippen LogP contribution in [0.1, 0.15) is 40.0 Å². The number of nitriles is 2. The number of likely N-dealkylation sites (tertiary alicyclic amines) is 2. The van der Waals surface area contributed by atoms with Gasteiger partial charge < -0.3 is 35.2 Å². The number of carbonyl (C=O) groups excluding carboxylic acids is 4. The SMILES string of the molecule is N#C[C@@H]1CC(F)(F)CN1C(=O)CNC(=O)c1ccnc2ccc(-c3ccc(OCCCNCCOc4ccc(-c5ccc6nccc(C(=O)NCC(=O)N7CC(F)(F)C[C@H]7C#N)c6c5)cc4)cc3)cc12. The molecule has 70 heavy (non-hydrogen) atoms. The largest absolute Gasteiger partial charge is 0.494 e. The minimum Gasteiger partial charge on any atom is -0.494 e. The number of pyridine rings is 2. The monoisotopic (exact) mass is 955 g/mol. The number of hydrogen-bond acceptors (Lipinski definition) is 11. The molecular formula is C51H45F4N9O6. The lowest BCUT2D eigenvalue weighted by Crippen LogP contribution is -2.43. The van der Waals surface area contributed by atoms with Crippen molar-refractivity contribution in [2.24, 2.45) is 0 Å². The quantitative estimate of drug-likeness (QED) is 0.0663. The third-order valence-corrected chi connectivity index (χ3v) is 11.9. The number of benzene rings is 4. The van der Waals surface area contributed by atoms with Crippen LogP contribution < -0.4 is 25.4 Å². The zero-order chi connectivity index (χ0) is 49.4. The number of aromatic nitrogens is 2. The second-order valence-corrected chi connectivity index (χ2v) is 16.8. The molecule has 4 heterocycles. The molecule has 15 nitrogen and oxygen atoms in total. The third kappa shape index (κ3) is 11.4. The minimum absolute atomic E-state index is 0.253. The van der Waals surface area contributed by atoms with Gasteiger partial charge in [-0.3, -0.25) is 29.1 Å². The van der Waals surface area contributed by atoms with Crippen molar-refractivity contribution in [1.29, 1.82) is 10.5 Å². The summed E-state index contributed by atoms with van der Waals surface area (Å²) in [5, 5.41) is 27.9. The van der Waals surface area contributed by atoms with E-state index in [1.54, 1.807) is 24.3 Å². The van der Waals surface area contributed by atoms with E-state index in [0.717, 1.165) is 38.5 Å². The molecule has 0 aliphatic carbocycles. The highest BCUT2D eigenvalue weighted by Crippen LogP contribution is 2.34. The topological polar surface area (TPSA) is 203 Å². The van der Waals surface area contributed by atoms with E-state index in [2.05, 4.69) is 25.9 Å². The second kappa shape index (κ2) is 21.0. The van der Waals surface area contributed by atoms with Crippen molar-refractivity contribution in [3.05, 3.63) is 121 Å². The number of amides is 4. The lowest BCUT2D eigenvalue weighted by molar-refractivity contribution is -0.132. The standard InChI is InChI=1S/C51H45F4N9O6/c52-50(53)24-36(26-56)63(30-50)46(65)28-61-48(67)40-14-17-59-44-12-6-34(22-42(40)44)32-2-8-38(9-3-32)69-20-1-16-58-19-21-70-39-10-4-33(5-11-39)35-7-13-45-43(23-35)41(15-18-60-45)49(68)62-29-47(66)64-31-51(54,55)25-37(64)27-57/h2-15,17-18,22-23,36-37,58H,1,16,19-21,24-25,28-31H2,(H,61,67)(H,62,68)/t36-,37-/m0/s1. The number of alkyl halides is 4. The number of halogens is 4. The predicted molar refractivity (Wildman–Crippen MR) is 249 cm³/mol. The summed E-state index contributed by atoms with van der Waals surface area (Å²) in [6.07, 6.45) is 2.20. The van der Waals surface area contributed by atoms with Crippen molar-refractivity contribution >= 4 is 45.4 Å². The normalized spacial score (nSPS) is 16.9. The highest BCUT2D eigenvalue weighted by molar-refractivity contribution is 6.08. The molecule has 2 saturated heterocycles.